The van der Waals surface area contributed by atoms with Gasteiger partial charge in [-0.25, -0.2) is 9.59 Å². The standard InChI is InChI=1S/C25H19NO6/c1-30-25(29)19-9-5-6-10-21(19)26-23(27)15-31-17-11-12-18-20(16-7-3-2-4-8-16)14-24(28)32-22(18)13-17/h2-14H,15H2,1H3,(H,26,27). The van der Waals surface area contributed by atoms with Crippen LogP contribution in [0.2, 0.25) is 0 Å². The van der Waals surface area contributed by atoms with E-state index in [0.29, 0.717) is 17.0 Å². The minimum Gasteiger partial charge on any atom is -0.484 e. The molecule has 1 heterocycles. The van der Waals surface area contributed by atoms with Crippen molar-refractivity contribution in [1.82, 2.24) is 0 Å². The third-order valence-corrected chi connectivity index (χ3v) is 4.78. The van der Waals surface area contributed by atoms with Crippen LogP contribution in [-0.2, 0) is 9.53 Å². The normalized spacial score (nSPS) is 10.5. The summed E-state index contributed by atoms with van der Waals surface area (Å²) in [4.78, 5) is 36.2. The molecule has 0 spiro atoms. The van der Waals surface area contributed by atoms with Crippen LogP contribution >= 0.6 is 0 Å². The van der Waals surface area contributed by atoms with Gasteiger partial charge in [-0.05, 0) is 35.4 Å². The monoisotopic (exact) mass is 429 g/mol. The Bertz CT molecular complexity index is 1340. The van der Waals surface area contributed by atoms with E-state index in [-0.39, 0.29) is 12.2 Å². The molecule has 0 bridgehead atoms. The lowest BCUT2D eigenvalue weighted by Crippen LogP contribution is -2.21. The fourth-order valence-electron chi connectivity index (χ4n) is 3.30. The van der Waals surface area contributed by atoms with Crippen LogP contribution in [0, 0.1) is 0 Å². The first-order valence-corrected chi connectivity index (χ1v) is 9.78. The minimum atomic E-state index is -0.555. The van der Waals surface area contributed by atoms with E-state index in [1.165, 1.54) is 13.2 Å². The molecule has 7 nitrogen and oxygen atoms in total. The number of esters is 1. The third kappa shape index (κ3) is 4.52. The predicted molar refractivity (Wildman–Crippen MR) is 120 cm³/mol. The number of nitrogens with one attached hydrogen (secondary N) is 1. The molecule has 7 heteroatoms. The average Bonchev–Trinajstić information content (AvgIpc) is 2.82. The number of anilines is 1. The fraction of sp³-hybridized carbons (Fsp3) is 0.0800. The second kappa shape index (κ2) is 9.18. The quantitative estimate of drug-likeness (QED) is 0.363. The van der Waals surface area contributed by atoms with Crippen molar-refractivity contribution < 1.29 is 23.5 Å². The van der Waals surface area contributed by atoms with Gasteiger partial charge in [-0.1, -0.05) is 42.5 Å². The van der Waals surface area contributed by atoms with E-state index in [9.17, 15) is 14.4 Å². The van der Waals surface area contributed by atoms with Crippen LogP contribution in [0.4, 0.5) is 5.69 Å². The highest BCUT2D eigenvalue weighted by molar-refractivity contribution is 6.01. The minimum absolute atomic E-state index is 0.240. The SMILES string of the molecule is COC(=O)c1ccccc1NC(=O)COc1ccc2c(-c3ccccc3)cc(=O)oc2c1. The first kappa shape index (κ1) is 20.9. The van der Waals surface area contributed by atoms with Crippen molar-refractivity contribution in [1.29, 1.82) is 0 Å². The van der Waals surface area contributed by atoms with E-state index in [2.05, 4.69) is 5.32 Å². The van der Waals surface area contributed by atoms with Gasteiger partial charge in [-0.15, -0.1) is 0 Å². The number of carbonyl (C=O) groups is 2. The fourth-order valence-corrected chi connectivity index (χ4v) is 3.30. The number of ether oxygens (including phenoxy) is 2. The maximum absolute atomic E-state index is 12.3. The van der Waals surface area contributed by atoms with E-state index >= 15 is 0 Å². The van der Waals surface area contributed by atoms with E-state index in [0.717, 1.165) is 16.5 Å². The summed E-state index contributed by atoms with van der Waals surface area (Å²) < 4.78 is 15.6. The lowest BCUT2D eigenvalue weighted by Gasteiger charge is -2.11. The summed E-state index contributed by atoms with van der Waals surface area (Å²) in [7, 11) is 1.27. The Kier molecular flexibility index (Phi) is 5.98. The van der Waals surface area contributed by atoms with Crippen LogP contribution in [-0.4, -0.2) is 25.6 Å². The molecule has 1 N–H and O–H groups in total. The van der Waals surface area contributed by atoms with Crippen molar-refractivity contribution >= 4 is 28.5 Å². The van der Waals surface area contributed by atoms with Crippen LogP contribution in [0.25, 0.3) is 22.1 Å². The van der Waals surface area contributed by atoms with Crippen molar-refractivity contribution in [3.05, 3.63) is 94.8 Å². The van der Waals surface area contributed by atoms with Crippen LogP contribution in [0.15, 0.2) is 88.1 Å². The summed E-state index contributed by atoms with van der Waals surface area (Å²) >= 11 is 0. The number of hydrogen-bond acceptors (Lipinski definition) is 6. The lowest BCUT2D eigenvalue weighted by molar-refractivity contribution is -0.118. The first-order valence-electron chi connectivity index (χ1n) is 9.78. The van der Waals surface area contributed by atoms with Gasteiger partial charge in [-0.3, -0.25) is 4.79 Å². The van der Waals surface area contributed by atoms with Crippen molar-refractivity contribution in [2.75, 3.05) is 19.0 Å². The number of fused-ring (bicyclic) bond motifs is 1. The number of amides is 1. The third-order valence-electron chi connectivity index (χ3n) is 4.78. The molecule has 4 aromatic rings. The molecular weight excluding hydrogens is 410 g/mol. The Balaban J connectivity index is 1.52. The number of benzene rings is 3. The van der Waals surface area contributed by atoms with E-state index in [4.69, 9.17) is 13.9 Å². The molecule has 0 unspecified atom stereocenters. The second-order valence-electron chi connectivity index (χ2n) is 6.88. The highest BCUT2D eigenvalue weighted by Crippen LogP contribution is 2.29. The molecule has 1 amide bonds. The summed E-state index contributed by atoms with van der Waals surface area (Å²) in [5.74, 6) is -0.649. The van der Waals surface area contributed by atoms with Crippen molar-refractivity contribution in [3.63, 3.8) is 0 Å². The van der Waals surface area contributed by atoms with E-state index in [1.54, 1.807) is 42.5 Å². The molecule has 0 aliphatic rings. The van der Waals surface area contributed by atoms with Gasteiger partial charge in [0.05, 0.1) is 18.4 Å². The smallest absolute Gasteiger partial charge is 0.339 e. The summed E-state index contributed by atoms with van der Waals surface area (Å²) in [5.41, 5.74) is 2.08. The van der Waals surface area contributed by atoms with Crippen LogP contribution in [0.1, 0.15) is 10.4 Å². The van der Waals surface area contributed by atoms with Gasteiger partial charge in [0.15, 0.2) is 6.61 Å². The number of rotatable bonds is 6. The van der Waals surface area contributed by atoms with Crippen molar-refractivity contribution in [2.45, 2.75) is 0 Å². The van der Waals surface area contributed by atoms with Gasteiger partial charge in [0.25, 0.3) is 5.91 Å². The number of para-hydroxylation sites is 1. The maximum atomic E-state index is 12.3. The highest BCUT2D eigenvalue weighted by Gasteiger charge is 2.14. The summed E-state index contributed by atoms with van der Waals surface area (Å²) in [6.07, 6.45) is 0. The van der Waals surface area contributed by atoms with Crippen LogP contribution in [0.5, 0.6) is 5.75 Å². The molecule has 160 valence electrons. The number of carbonyl (C=O) groups excluding carboxylic acids is 2. The van der Waals surface area contributed by atoms with Crippen LogP contribution in [0.3, 0.4) is 0 Å². The maximum Gasteiger partial charge on any atom is 0.339 e. The molecule has 32 heavy (non-hydrogen) atoms. The highest BCUT2D eigenvalue weighted by atomic mass is 16.5. The zero-order valence-electron chi connectivity index (χ0n) is 17.2. The Morgan fingerprint density at radius 2 is 1.69 bits per heavy atom. The molecule has 0 fully saturated rings. The zero-order chi connectivity index (χ0) is 22.5. The molecule has 0 saturated carbocycles. The molecule has 0 saturated heterocycles. The zero-order valence-corrected chi connectivity index (χ0v) is 17.2. The Hall–Kier alpha value is -4.39. The molecule has 0 aliphatic carbocycles. The Morgan fingerprint density at radius 1 is 0.938 bits per heavy atom. The van der Waals surface area contributed by atoms with E-state index < -0.39 is 17.5 Å². The number of methoxy groups -OCH3 is 1. The van der Waals surface area contributed by atoms with Gasteiger partial charge in [0, 0.05) is 17.5 Å². The molecule has 0 aliphatic heterocycles. The van der Waals surface area contributed by atoms with Crippen molar-refractivity contribution in [3.8, 4) is 16.9 Å². The van der Waals surface area contributed by atoms with Gasteiger partial charge in [0.1, 0.15) is 11.3 Å². The Labute approximate surface area is 183 Å². The second-order valence-corrected chi connectivity index (χ2v) is 6.88. The summed E-state index contributed by atoms with van der Waals surface area (Å²) in [5, 5.41) is 3.38. The summed E-state index contributed by atoms with van der Waals surface area (Å²) in [6, 6.07) is 22.5. The van der Waals surface area contributed by atoms with Crippen LogP contribution < -0.4 is 15.7 Å². The molecule has 0 radical (unpaired) electrons. The molecule has 1 aromatic heterocycles. The Morgan fingerprint density at radius 3 is 2.47 bits per heavy atom. The largest absolute Gasteiger partial charge is 0.484 e. The van der Waals surface area contributed by atoms with Crippen molar-refractivity contribution in [2.24, 2.45) is 0 Å². The topological polar surface area (TPSA) is 94.8 Å². The van der Waals surface area contributed by atoms with Gasteiger partial charge >= 0.3 is 11.6 Å². The molecule has 3 aromatic carbocycles. The predicted octanol–water partition coefficient (Wildman–Crippen LogP) is 4.26. The average molecular weight is 429 g/mol. The summed E-state index contributed by atoms with van der Waals surface area (Å²) in [6.45, 7) is -0.302. The van der Waals surface area contributed by atoms with Gasteiger partial charge in [0.2, 0.25) is 0 Å². The molecule has 4 rings (SSSR count). The number of hydrogen-bond donors (Lipinski definition) is 1. The molecule has 0 atom stereocenters. The van der Waals surface area contributed by atoms with Gasteiger partial charge < -0.3 is 19.2 Å². The lowest BCUT2D eigenvalue weighted by atomic mass is 10.0. The first-order chi connectivity index (χ1) is 15.5. The van der Waals surface area contributed by atoms with Gasteiger partial charge in [-0.2, -0.15) is 0 Å². The molecular formula is C25H19NO6. The van der Waals surface area contributed by atoms with E-state index in [1.807, 2.05) is 30.3 Å².